The molecule has 0 bridgehead atoms. The summed E-state index contributed by atoms with van der Waals surface area (Å²) in [6.45, 7) is 4.91. The zero-order valence-corrected chi connectivity index (χ0v) is 12.9. The number of aromatic hydroxyl groups is 1. The number of aliphatic carboxylic acids is 1. The van der Waals surface area contributed by atoms with Crippen molar-refractivity contribution in [2.45, 2.75) is 38.8 Å². The van der Waals surface area contributed by atoms with Gasteiger partial charge < -0.3 is 20.3 Å². The highest BCUT2D eigenvalue weighted by molar-refractivity contribution is 5.80. The molecule has 3 N–H and O–H groups in total. The lowest BCUT2D eigenvalue weighted by molar-refractivity contribution is -0.385. The van der Waals surface area contributed by atoms with Gasteiger partial charge in [0.1, 0.15) is 11.6 Å². The number of carboxylic acids is 1. The molecule has 9 nitrogen and oxygen atoms in total. The van der Waals surface area contributed by atoms with E-state index in [4.69, 9.17) is 9.84 Å². The minimum Gasteiger partial charge on any atom is -0.502 e. The van der Waals surface area contributed by atoms with Gasteiger partial charge in [0.05, 0.1) is 4.92 Å². The molecule has 0 aliphatic rings. The third-order valence-corrected chi connectivity index (χ3v) is 2.67. The summed E-state index contributed by atoms with van der Waals surface area (Å²) in [5.74, 6) is -1.87. The first kappa shape index (κ1) is 18.2. The second-order valence-corrected chi connectivity index (χ2v) is 5.82. The Morgan fingerprint density at radius 3 is 2.43 bits per heavy atom. The van der Waals surface area contributed by atoms with Gasteiger partial charge in [-0.25, -0.2) is 9.59 Å². The van der Waals surface area contributed by atoms with Crippen LogP contribution in [0.15, 0.2) is 18.2 Å². The normalized spacial score (nSPS) is 12.3. The van der Waals surface area contributed by atoms with Crippen LogP contribution in [-0.4, -0.2) is 38.8 Å². The molecule has 126 valence electrons. The summed E-state index contributed by atoms with van der Waals surface area (Å²) in [5, 5.41) is 31.5. The Hall–Kier alpha value is -2.84. The Kier molecular flexibility index (Phi) is 5.50. The van der Waals surface area contributed by atoms with E-state index in [0.29, 0.717) is 5.56 Å². The van der Waals surface area contributed by atoms with Crippen molar-refractivity contribution in [1.29, 1.82) is 0 Å². The summed E-state index contributed by atoms with van der Waals surface area (Å²) in [4.78, 5) is 32.7. The molecule has 0 aromatic heterocycles. The van der Waals surface area contributed by atoms with Crippen molar-refractivity contribution in [1.82, 2.24) is 5.32 Å². The van der Waals surface area contributed by atoms with Crippen LogP contribution in [0.25, 0.3) is 0 Å². The largest absolute Gasteiger partial charge is 0.502 e. The van der Waals surface area contributed by atoms with Gasteiger partial charge in [-0.05, 0) is 32.4 Å². The molecule has 0 heterocycles. The number of nitro groups is 1. The van der Waals surface area contributed by atoms with Crippen LogP contribution in [0.3, 0.4) is 0 Å². The quantitative estimate of drug-likeness (QED) is 0.554. The minimum absolute atomic E-state index is 0.167. The number of phenols is 1. The average molecular weight is 326 g/mol. The molecule has 1 unspecified atom stereocenters. The summed E-state index contributed by atoms with van der Waals surface area (Å²) in [6, 6.07) is 2.16. The van der Waals surface area contributed by atoms with E-state index in [0.717, 1.165) is 12.1 Å². The van der Waals surface area contributed by atoms with Crippen LogP contribution in [0.4, 0.5) is 10.5 Å². The monoisotopic (exact) mass is 326 g/mol. The number of hydrogen-bond donors (Lipinski definition) is 3. The van der Waals surface area contributed by atoms with Gasteiger partial charge in [-0.2, -0.15) is 0 Å². The van der Waals surface area contributed by atoms with Crippen LogP contribution in [0, 0.1) is 10.1 Å². The SMILES string of the molecule is CC(C)(C)OC(=O)NC(Cc1ccc([N+](=O)[O-])c(O)c1)C(=O)O. The standard InChI is InChI=1S/C14H18N2O7/c1-14(2,3)23-13(20)15-9(12(18)19)6-8-4-5-10(16(21)22)11(17)7-8/h4-5,7,9,17H,6H2,1-3H3,(H,15,20)(H,18,19). The summed E-state index contributed by atoms with van der Waals surface area (Å²) >= 11 is 0. The molecule has 23 heavy (non-hydrogen) atoms. The average Bonchev–Trinajstić information content (AvgIpc) is 2.35. The van der Waals surface area contributed by atoms with Crippen LogP contribution < -0.4 is 5.32 Å². The van der Waals surface area contributed by atoms with Crippen molar-refractivity contribution in [3.63, 3.8) is 0 Å². The summed E-state index contributed by atoms with van der Waals surface area (Å²) in [6.07, 6.45) is -1.06. The topological polar surface area (TPSA) is 139 Å². The molecule has 0 aliphatic carbocycles. The lowest BCUT2D eigenvalue weighted by atomic mass is 10.1. The number of nitrogens with zero attached hydrogens (tertiary/aromatic N) is 1. The minimum atomic E-state index is -1.30. The van der Waals surface area contributed by atoms with Gasteiger partial charge in [0.2, 0.25) is 0 Å². The van der Waals surface area contributed by atoms with Crippen molar-refractivity contribution >= 4 is 17.7 Å². The molecule has 0 spiro atoms. The Labute approximate surface area is 132 Å². The fourth-order valence-corrected chi connectivity index (χ4v) is 1.74. The van der Waals surface area contributed by atoms with E-state index in [1.165, 1.54) is 6.07 Å². The number of nitrogens with one attached hydrogen (secondary N) is 1. The van der Waals surface area contributed by atoms with E-state index in [1.54, 1.807) is 20.8 Å². The number of carbonyl (C=O) groups is 2. The zero-order chi connectivity index (χ0) is 17.8. The molecule has 0 saturated carbocycles. The first-order valence-corrected chi connectivity index (χ1v) is 6.68. The maximum atomic E-state index is 11.6. The number of ether oxygens (including phenoxy) is 1. The lowest BCUT2D eigenvalue weighted by Gasteiger charge is -2.22. The molecule has 1 amide bonds. The van der Waals surface area contributed by atoms with Gasteiger partial charge >= 0.3 is 17.7 Å². The fraction of sp³-hybridized carbons (Fsp3) is 0.429. The molecule has 0 saturated heterocycles. The fourth-order valence-electron chi connectivity index (χ4n) is 1.74. The number of carboxylic acid groups (broad SMARTS) is 1. The van der Waals surface area contributed by atoms with Gasteiger partial charge in [0.15, 0.2) is 5.75 Å². The second kappa shape index (κ2) is 6.95. The molecule has 0 fully saturated rings. The van der Waals surface area contributed by atoms with E-state index in [-0.39, 0.29) is 6.42 Å². The molecule has 1 aromatic rings. The maximum Gasteiger partial charge on any atom is 0.408 e. The number of carbonyl (C=O) groups excluding carboxylic acids is 1. The number of hydrogen-bond acceptors (Lipinski definition) is 6. The molecule has 0 radical (unpaired) electrons. The molecular weight excluding hydrogens is 308 g/mol. The Bertz CT molecular complexity index is 622. The van der Waals surface area contributed by atoms with Gasteiger partial charge in [0, 0.05) is 12.5 Å². The molecule has 1 atom stereocenters. The number of alkyl carbamates (subject to hydrolysis) is 1. The van der Waals surface area contributed by atoms with Gasteiger partial charge in [-0.1, -0.05) is 6.07 Å². The first-order chi connectivity index (χ1) is 10.5. The van der Waals surface area contributed by atoms with Crippen LogP contribution >= 0.6 is 0 Å². The highest BCUT2D eigenvalue weighted by atomic mass is 16.6. The highest BCUT2D eigenvalue weighted by Crippen LogP contribution is 2.26. The second-order valence-electron chi connectivity index (χ2n) is 5.82. The van der Waals surface area contributed by atoms with Crippen molar-refractivity contribution in [3.05, 3.63) is 33.9 Å². The lowest BCUT2D eigenvalue weighted by Crippen LogP contribution is -2.44. The Balaban J connectivity index is 2.85. The molecule has 9 heteroatoms. The van der Waals surface area contributed by atoms with Gasteiger partial charge in [0.25, 0.3) is 0 Å². The first-order valence-electron chi connectivity index (χ1n) is 6.68. The third kappa shape index (κ3) is 5.81. The number of rotatable bonds is 5. The smallest absolute Gasteiger partial charge is 0.408 e. The number of benzene rings is 1. The highest BCUT2D eigenvalue weighted by Gasteiger charge is 2.25. The molecule has 1 rings (SSSR count). The number of phenolic OH excluding ortho intramolecular Hbond substituents is 1. The summed E-state index contributed by atoms with van der Waals surface area (Å²) in [7, 11) is 0. The van der Waals surface area contributed by atoms with Gasteiger partial charge in [-0.3, -0.25) is 10.1 Å². The molecular formula is C14H18N2O7. The number of amides is 1. The summed E-state index contributed by atoms with van der Waals surface area (Å²) in [5.41, 5.74) is -0.948. The van der Waals surface area contributed by atoms with Gasteiger partial charge in [-0.15, -0.1) is 0 Å². The summed E-state index contributed by atoms with van der Waals surface area (Å²) < 4.78 is 4.98. The zero-order valence-electron chi connectivity index (χ0n) is 12.9. The van der Waals surface area contributed by atoms with E-state index in [2.05, 4.69) is 5.32 Å². The predicted octanol–water partition coefficient (Wildman–Crippen LogP) is 1.82. The van der Waals surface area contributed by atoms with E-state index in [1.807, 2.05) is 0 Å². The molecule has 0 aliphatic heterocycles. The van der Waals surface area contributed by atoms with Crippen LogP contribution in [0.5, 0.6) is 5.75 Å². The van der Waals surface area contributed by atoms with Crippen LogP contribution in [0.1, 0.15) is 26.3 Å². The Morgan fingerprint density at radius 1 is 1.39 bits per heavy atom. The predicted molar refractivity (Wildman–Crippen MR) is 79.3 cm³/mol. The number of nitro benzene ring substituents is 1. The van der Waals surface area contributed by atoms with Crippen molar-refractivity contribution in [3.8, 4) is 5.75 Å². The van der Waals surface area contributed by atoms with E-state index in [9.17, 15) is 24.8 Å². The van der Waals surface area contributed by atoms with Crippen molar-refractivity contribution in [2.24, 2.45) is 0 Å². The maximum absolute atomic E-state index is 11.6. The van der Waals surface area contributed by atoms with Crippen LogP contribution in [0.2, 0.25) is 0 Å². The van der Waals surface area contributed by atoms with Crippen LogP contribution in [-0.2, 0) is 16.0 Å². The Morgan fingerprint density at radius 2 is 2.00 bits per heavy atom. The van der Waals surface area contributed by atoms with Crippen molar-refractivity contribution < 1.29 is 29.5 Å². The third-order valence-electron chi connectivity index (χ3n) is 2.67. The van der Waals surface area contributed by atoms with E-state index < -0.39 is 40.1 Å². The molecule has 1 aromatic carbocycles. The van der Waals surface area contributed by atoms with Crippen molar-refractivity contribution in [2.75, 3.05) is 0 Å². The van der Waals surface area contributed by atoms with E-state index >= 15 is 0 Å².